The normalized spacial score (nSPS) is 17.9. The van der Waals surface area contributed by atoms with Crippen LogP contribution >= 0.6 is 23.2 Å². The lowest BCUT2D eigenvalue weighted by atomic mass is 9.86. The van der Waals surface area contributed by atoms with E-state index in [1.807, 2.05) is 23.7 Å². The molecule has 0 radical (unpaired) electrons. The van der Waals surface area contributed by atoms with Gasteiger partial charge in [0.15, 0.2) is 5.78 Å². The maximum atomic E-state index is 12.9. The van der Waals surface area contributed by atoms with Gasteiger partial charge in [0.2, 0.25) is 11.5 Å². The van der Waals surface area contributed by atoms with E-state index in [2.05, 4.69) is 0 Å². The van der Waals surface area contributed by atoms with Crippen LogP contribution in [0.5, 0.6) is 0 Å². The summed E-state index contributed by atoms with van der Waals surface area (Å²) in [6.45, 7) is 1.11. The number of halogens is 2. The molecule has 1 heterocycles. The van der Waals surface area contributed by atoms with Crippen LogP contribution in [0.25, 0.3) is 11.0 Å². The number of hydrogen-bond acceptors (Lipinski definition) is 4. The van der Waals surface area contributed by atoms with Crippen LogP contribution in [0.2, 0.25) is 10.0 Å². The van der Waals surface area contributed by atoms with Gasteiger partial charge < -0.3 is 18.8 Å². The molecular weight excluding hydrogens is 499 g/mol. The van der Waals surface area contributed by atoms with Crippen LogP contribution in [0.1, 0.15) is 42.5 Å². The van der Waals surface area contributed by atoms with E-state index in [4.69, 9.17) is 33.3 Å². The first-order chi connectivity index (χ1) is 17.3. The van der Waals surface area contributed by atoms with Gasteiger partial charge in [0, 0.05) is 43.8 Å². The Bertz CT molecular complexity index is 1290. The van der Waals surface area contributed by atoms with E-state index in [-0.39, 0.29) is 35.9 Å². The molecule has 0 atom stereocenters. The number of benzene rings is 2. The monoisotopic (exact) mass is 530 g/mol. The zero-order chi connectivity index (χ0) is 25.8. The van der Waals surface area contributed by atoms with Crippen molar-refractivity contribution in [3.63, 3.8) is 0 Å². The Hall–Kier alpha value is -2.61. The third kappa shape index (κ3) is 5.69. The van der Waals surface area contributed by atoms with E-state index in [0.29, 0.717) is 35.1 Å². The van der Waals surface area contributed by atoms with Crippen molar-refractivity contribution in [2.45, 2.75) is 51.3 Å². The maximum absolute atomic E-state index is 12.9. The number of Topliss-reactive ketones (excluding diaryl/α,β-unsaturated/α-hetero) is 1. The van der Waals surface area contributed by atoms with E-state index >= 15 is 0 Å². The molecule has 1 fully saturated rings. The van der Waals surface area contributed by atoms with Crippen LogP contribution in [-0.4, -0.2) is 52.5 Å². The molecule has 1 N–H and O–H groups in total. The van der Waals surface area contributed by atoms with E-state index in [1.165, 1.54) is 0 Å². The summed E-state index contributed by atoms with van der Waals surface area (Å²) in [5.74, 6) is 0.114. The number of ether oxygens (including phenoxy) is 1. The van der Waals surface area contributed by atoms with Crippen LogP contribution in [0, 0.1) is 11.3 Å². The summed E-state index contributed by atoms with van der Waals surface area (Å²) in [4.78, 5) is 27.7. The lowest BCUT2D eigenvalue weighted by Crippen LogP contribution is -2.37. The van der Waals surface area contributed by atoms with Gasteiger partial charge >= 0.3 is 0 Å². The Morgan fingerprint density at radius 3 is 2.42 bits per heavy atom. The second kappa shape index (κ2) is 11.6. The smallest absolute Gasteiger partial charge is 0.225 e. The lowest BCUT2D eigenvalue weighted by Gasteiger charge is -2.30. The molecule has 3 aromatic rings. The van der Waals surface area contributed by atoms with Crippen molar-refractivity contribution in [3.8, 4) is 0 Å². The second-order valence-electron chi connectivity index (χ2n) is 9.42. The summed E-state index contributed by atoms with van der Waals surface area (Å²) < 4.78 is 8.93. The summed E-state index contributed by atoms with van der Waals surface area (Å²) in [6, 6.07) is 12.2. The number of methoxy groups -OCH3 is 1. The van der Waals surface area contributed by atoms with Gasteiger partial charge in [-0.15, -0.1) is 0 Å². The van der Waals surface area contributed by atoms with Gasteiger partial charge in [0.05, 0.1) is 28.7 Å². The topological polar surface area (TPSA) is 80.3 Å². The number of para-hydroxylation sites is 1. The summed E-state index contributed by atoms with van der Waals surface area (Å²) >= 11 is 12.5. The Kier molecular flexibility index (Phi) is 8.54. The average Bonchev–Trinajstić information content (AvgIpc) is 3.15. The highest BCUT2D eigenvalue weighted by Gasteiger charge is 2.28. The number of aromatic nitrogens is 2. The number of carbonyl (C=O) groups is 2. The molecular formula is C27H32Cl2N4O3. The molecule has 1 amide bonds. The molecule has 1 aliphatic carbocycles. The van der Waals surface area contributed by atoms with Crippen LogP contribution in [0.15, 0.2) is 42.5 Å². The van der Waals surface area contributed by atoms with Crippen LogP contribution < -0.4 is 5.62 Å². The zero-order valence-corrected chi connectivity index (χ0v) is 22.2. The predicted octanol–water partition coefficient (Wildman–Crippen LogP) is 5.17. The summed E-state index contributed by atoms with van der Waals surface area (Å²) in [5.41, 5.74) is 2.19. The highest BCUT2D eigenvalue weighted by Crippen LogP contribution is 2.27. The van der Waals surface area contributed by atoms with Crippen LogP contribution in [-0.2, 0) is 22.6 Å². The predicted molar refractivity (Wildman–Crippen MR) is 142 cm³/mol. The van der Waals surface area contributed by atoms with Crippen LogP contribution in [0.3, 0.4) is 0 Å². The molecule has 0 bridgehead atoms. The van der Waals surface area contributed by atoms with Crippen molar-refractivity contribution in [1.29, 1.82) is 5.41 Å². The van der Waals surface area contributed by atoms with Gasteiger partial charge in [-0.05, 0) is 68.5 Å². The largest absolute Gasteiger partial charge is 0.381 e. The zero-order valence-electron chi connectivity index (χ0n) is 20.7. The fourth-order valence-corrected chi connectivity index (χ4v) is 5.43. The van der Waals surface area contributed by atoms with Gasteiger partial charge in [-0.2, -0.15) is 0 Å². The number of hydrogen-bond donors (Lipinski definition) is 1. The first-order valence-electron chi connectivity index (χ1n) is 12.3. The van der Waals surface area contributed by atoms with Crippen molar-refractivity contribution in [2.75, 3.05) is 20.7 Å². The SMILES string of the molecule is COC1CCC(C(=O)N(C)CCCn2c(=N)n(CC(=O)c3ccc(Cl)cc3)c3cccc(Cl)c32)CC1. The number of carbonyl (C=O) groups excluding carboxylic acids is 2. The molecule has 36 heavy (non-hydrogen) atoms. The minimum Gasteiger partial charge on any atom is -0.381 e. The Morgan fingerprint density at radius 1 is 1.06 bits per heavy atom. The average molecular weight is 531 g/mol. The maximum Gasteiger partial charge on any atom is 0.225 e. The molecule has 0 saturated heterocycles. The molecule has 2 aromatic carbocycles. The number of ketones is 1. The van der Waals surface area contributed by atoms with E-state index in [0.717, 1.165) is 36.7 Å². The number of rotatable bonds is 9. The fourth-order valence-electron chi connectivity index (χ4n) is 5.04. The van der Waals surface area contributed by atoms with Crippen molar-refractivity contribution in [3.05, 3.63) is 63.7 Å². The van der Waals surface area contributed by atoms with E-state index < -0.39 is 0 Å². The summed E-state index contributed by atoms with van der Waals surface area (Å²) in [7, 11) is 3.58. The number of nitrogens with one attached hydrogen (secondary N) is 1. The minimum atomic E-state index is -0.113. The molecule has 1 aromatic heterocycles. The van der Waals surface area contributed by atoms with Crippen molar-refractivity contribution in [2.24, 2.45) is 5.92 Å². The summed E-state index contributed by atoms with van der Waals surface area (Å²) in [5, 5.41) is 9.92. The first-order valence-corrected chi connectivity index (χ1v) is 13.0. The third-order valence-corrected chi connectivity index (χ3v) is 7.67. The summed E-state index contributed by atoms with van der Waals surface area (Å²) in [6.07, 6.45) is 4.49. The molecule has 192 valence electrons. The highest BCUT2D eigenvalue weighted by molar-refractivity contribution is 6.35. The van der Waals surface area contributed by atoms with Crippen molar-refractivity contribution in [1.82, 2.24) is 14.0 Å². The number of nitrogens with zero attached hydrogens (tertiary/aromatic N) is 3. The quantitative estimate of drug-likeness (QED) is 0.387. The molecule has 7 nitrogen and oxygen atoms in total. The molecule has 0 spiro atoms. The standard InChI is InChI=1S/C27H32Cl2N4O3/c1-31(26(35)19-9-13-21(36-2)14-10-19)15-4-16-32-25-22(29)5-3-6-23(25)33(27(32)30)17-24(34)18-7-11-20(28)12-8-18/h3,5-8,11-12,19,21,30H,4,9-10,13-17H2,1-2H3. The van der Waals surface area contributed by atoms with Crippen molar-refractivity contribution >= 4 is 45.9 Å². The molecule has 1 aliphatic rings. The van der Waals surface area contributed by atoms with Gasteiger partial charge in [0.1, 0.15) is 0 Å². The Balaban J connectivity index is 1.47. The van der Waals surface area contributed by atoms with Crippen molar-refractivity contribution < 1.29 is 14.3 Å². The number of fused-ring (bicyclic) bond motifs is 1. The number of imidazole rings is 1. The van der Waals surface area contributed by atoms with E-state index in [1.54, 1.807) is 46.9 Å². The van der Waals surface area contributed by atoms with Crippen LogP contribution in [0.4, 0.5) is 0 Å². The Morgan fingerprint density at radius 2 is 1.75 bits per heavy atom. The molecule has 0 aliphatic heterocycles. The van der Waals surface area contributed by atoms with Gasteiger partial charge in [-0.25, -0.2) is 0 Å². The highest BCUT2D eigenvalue weighted by atomic mass is 35.5. The van der Waals surface area contributed by atoms with Gasteiger partial charge in [0.25, 0.3) is 0 Å². The first kappa shape index (κ1) is 26.5. The molecule has 1 saturated carbocycles. The number of amides is 1. The molecule has 4 rings (SSSR count). The minimum absolute atomic E-state index is 0.0207. The molecule has 0 unspecified atom stereocenters. The van der Waals surface area contributed by atoms with Gasteiger partial charge in [-0.1, -0.05) is 29.3 Å². The third-order valence-electron chi connectivity index (χ3n) is 7.11. The second-order valence-corrected chi connectivity index (χ2v) is 10.3. The molecule has 9 heteroatoms. The van der Waals surface area contributed by atoms with E-state index in [9.17, 15) is 9.59 Å². The lowest BCUT2D eigenvalue weighted by molar-refractivity contribution is -0.136. The fraction of sp³-hybridized carbons (Fsp3) is 0.444. The Labute approximate surface area is 221 Å². The van der Waals surface area contributed by atoms with Gasteiger partial charge in [-0.3, -0.25) is 15.0 Å². The number of aryl methyl sites for hydroxylation is 1.